The van der Waals surface area contributed by atoms with Crippen LogP contribution in [0.2, 0.25) is 0 Å². The monoisotopic (exact) mass is 315 g/mol. The quantitative estimate of drug-likeness (QED) is 0.321. The second kappa shape index (κ2) is 20.9. The fourth-order valence-electron chi connectivity index (χ4n) is 3.01. The van der Waals surface area contributed by atoms with E-state index in [9.17, 15) is 0 Å². The van der Waals surface area contributed by atoms with Crippen molar-refractivity contribution in [2.24, 2.45) is 5.73 Å². The third kappa shape index (κ3) is 22.2. The average Bonchev–Trinajstić information content (AvgIpc) is 2.46. The van der Waals surface area contributed by atoms with Crippen molar-refractivity contribution in [3.63, 3.8) is 0 Å². The molecular formula is C20H45NO. The Morgan fingerprint density at radius 3 is 1.09 bits per heavy atom. The van der Waals surface area contributed by atoms with Gasteiger partial charge in [0.05, 0.1) is 0 Å². The van der Waals surface area contributed by atoms with Gasteiger partial charge >= 0.3 is 0 Å². The summed E-state index contributed by atoms with van der Waals surface area (Å²) in [6.07, 6.45) is 24.3. The third-order valence-corrected chi connectivity index (χ3v) is 4.51. The highest BCUT2D eigenvalue weighted by atomic mass is 16.0. The van der Waals surface area contributed by atoms with E-state index >= 15 is 0 Å². The van der Waals surface area contributed by atoms with E-state index in [1.807, 2.05) is 0 Å². The summed E-state index contributed by atoms with van der Waals surface area (Å²) < 4.78 is 0. The van der Waals surface area contributed by atoms with E-state index < -0.39 is 0 Å². The predicted octanol–water partition coefficient (Wildman–Crippen LogP) is 6.16. The zero-order valence-corrected chi connectivity index (χ0v) is 15.7. The highest BCUT2D eigenvalue weighted by molar-refractivity contribution is 4.54. The van der Waals surface area contributed by atoms with Crippen LogP contribution in [0.1, 0.15) is 123 Å². The zero-order valence-electron chi connectivity index (χ0n) is 15.7. The molecule has 1 unspecified atom stereocenters. The molecular weight excluding hydrogens is 270 g/mol. The van der Waals surface area contributed by atoms with E-state index in [4.69, 9.17) is 5.73 Å². The number of hydrogen-bond acceptors (Lipinski definition) is 1. The van der Waals surface area contributed by atoms with Gasteiger partial charge in [0.15, 0.2) is 0 Å². The van der Waals surface area contributed by atoms with Crippen LogP contribution in [0.5, 0.6) is 0 Å². The molecule has 0 bridgehead atoms. The minimum Gasteiger partial charge on any atom is -0.412 e. The molecule has 0 saturated heterocycles. The van der Waals surface area contributed by atoms with Crippen molar-refractivity contribution in [1.29, 1.82) is 0 Å². The van der Waals surface area contributed by atoms with Gasteiger partial charge in [0, 0.05) is 6.04 Å². The van der Waals surface area contributed by atoms with Gasteiger partial charge < -0.3 is 11.2 Å². The largest absolute Gasteiger partial charge is 0.412 e. The molecule has 0 heterocycles. The fraction of sp³-hybridized carbons (Fsp3) is 1.00. The summed E-state index contributed by atoms with van der Waals surface area (Å²) in [7, 11) is 0. The first-order valence-electron chi connectivity index (χ1n) is 10.0. The van der Waals surface area contributed by atoms with Gasteiger partial charge in [-0.25, -0.2) is 0 Å². The van der Waals surface area contributed by atoms with E-state index in [1.165, 1.54) is 109 Å². The lowest BCUT2D eigenvalue weighted by atomic mass is 10.0. The van der Waals surface area contributed by atoms with Gasteiger partial charge in [0.2, 0.25) is 0 Å². The molecule has 2 nitrogen and oxygen atoms in total. The standard InChI is InChI=1S/C20H43N.H2O/c1-3-4-5-6-7-8-9-10-11-12-13-14-15-16-17-18-19-20(2)21;/h20H,3-19,21H2,1-2H3;1H2. The van der Waals surface area contributed by atoms with Crippen LogP contribution in [0.3, 0.4) is 0 Å². The van der Waals surface area contributed by atoms with E-state index in [-0.39, 0.29) is 5.48 Å². The van der Waals surface area contributed by atoms with Crippen molar-refractivity contribution in [3.05, 3.63) is 0 Å². The zero-order chi connectivity index (χ0) is 15.6. The molecule has 0 aliphatic carbocycles. The minimum atomic E-state index is 0. The Bertz CT molecular complexity index is 183. The van der Waals surface area contributed by atoms with Crippen LogP contribution >= 0.6 is 0 Å². The van der Waals surface area contributed by atoms with E-state index in [2.05, 4.69) is 13.8 Å². The Morgan fingerprint density at radius 1 is 0.545 bits per heavy atom. The number of unbranched alkanes of at least 4 members (excludes halogenated alkanes) is 15. The highest BCUT2D eigenvalue weighted by Gasteiger charge is 1.96. The molecule has 0 aromatic rings. The number of nitrogens with two attached hydrogens (primary N) is 1. The van der Waals surface area contributed by atoms with Crippen LogP contribution < -0.4 is 5.73 Å². The second-order valence-corrected chi connectivity index (χ2v) is 7.07. The molecule has 0 rings (SSSR count). The molecule has 0 saturated carbocycles. The maximum absolute atomic E-state index is 5.75. The fourth-order valence-corrected chi connectivity index (χ4v) is 3.01. The van der Waals surface area contributed by atoms with E-state index in [0.29, 0.717) is 6.04 Å². The predicted molar refractivity (Wildman–Crippen MR) is 101 cm³/mol. The van der Waals surface area contributed by atoms with E-state index in [0.717, 1.165) is 0 Å². The van der Waals surface area contributed by atoms with Crippen LogP contribution in [0, 0.1) is 0 Å². The molecule has 0 amide bonds. The molecule has 0 fully saturated rings. The number of hydrogen-bond donors (Lipinski definition) is 1. The maximum Gasteiger partial charge on any atom is 0.00104 e. The van der Waals surface area contributed by atoms with Crippen molar-refractivity contribution >= 4 is 0 Å². The first-order chi connectivity index (χ1) is 10.3. The van der Waals surface area contributed by atoms with Gasteiger partial charge in [0.1, 0.15) is 0 Å². The van der Waals surface area contributed by atoms with Crippen molar-refractivity contribution in [3.8, 4) is 0 Å². The summed E-state index contributed by atoms with van der Waals surface area (Å²) in [5, 5.41) is 0. The van der Waals surface area contributed by atoms with Gasteiger partial charge in [-0.15, -0.1) is 0 Å². The molecule has 4 N–H and O–H groups in total. The molecule has 0 aliphatic rings. The SMILES string of the molecule is CCCCCCCCCCCCCCCCCCC(C)N.O. The van der Waals surface area contributed by atoms with Crippen LogP contribution in [-0.2, 0) is 0 Å². The lowest BCUT2D eigenvalue weighted by Crippen LogP contribution is -2.13. The van der Waals surface area contributed by atoms with Crippen LogP contribution in [-0.4, -0.2) is 11.5 Å². The third-order valence-electron chi connectivity index (χ3n) is 4.51. The Hall–Kier alpha value is -0.0800. The molecule has 22 heavy (non-hydrogen) atoms. The smallest absolute Gasteiger partial charge is 0.00104 e. The minimum absolute atomic E-state index is 0. The lowest BCUT2D eigenvalue weighted by Gasteiger charge is -2.05. The van der Waals surface area contributed by atoms with Crippen LogP contribution in [0.4, 0.5) is 0 Å². The molecule has 2 heteroatoms. The Kier molecular flexibility index (Phi) is 23.0. The average molecular weight is 316 g/mol. The van der Waals surface area contributed by atoms with Crippen LogP contribution in [0.15, 0.2) is 0 Å². The maximum atomic E-state index is 5.75. The molecule has 0 radical (unpaired) electrons. The van der Waals surface area contributed by atoms with E-state index in [1.54, 1.807) is 0 Å². The first kappa shape index (κ1) is 24.2. The molecule has 0 aromatic carbocycles. The summed E-state index contributed by atoms with van der Waals surface area (Å²) in [6.45, 7) is 4.41. The van der Waals surface area contributed by atoms with Gasteiger partial charge in [-0.05, 0) is 13.3 Å². The summed E-state index contributed by atoms with van der Waals surface area (Å²) in [5.41, 5.74) is 5.75. The van der Waals surface area contributed by atoms with Crippen molar-refractivity contribution in [1.82, 2.24) is 0 Å². The summed E-state index contributed by atoms with van der Waals surface area (Å²) in [6, 6.07) is 0.400. The van der Waals surface area contributed by atoms with Crippen molar-refractivity contribution in [2.75, 3.05) is 0 Å². The van der Waals surface area contributed by atoms with Crippen molar-refractivity contribution in [2.45, 2.75) is 129 Å². The van der Waals surface area contributed by atoms with Gasteiger partial charge in [-0.3, -0.25) is 0 Å². The summed E-state index contributed by atoms with van der Waals surface area (Å²) in [5.74, 6) is 0. The molecule has 0 aliphatic heterocycles. The van der Waals surface area contributed by atoms with Crippen molar-refractivity contribution < 1.29 is 5.48 Å². The molecule has 0 spiro atoms. The summed E-state index contributed by atoms with van der Waals surface area (Å²) in [4.78, 5) is 0. The number of rotatable bonds is 17. The van der Waals surface area contributed by atoms with Gasteiger partial charge in [0.25, 0.3) is 0 Å². The van der Waals surface area contributed by atoms with Crippen LogP contribution in [0.25, 0.3) is 0 Å². The lowest BCUT2D eigenvalue weighted by molar-refractivity contribution is 0.520. The van der Waals surface area contributed by atoms with Gasteiger partial charge in [-0.2, -0.15) is 0 Å². The molecule has 136 valence electrons. The second-order valence-electron chi connectivity index (χ2n) is 7.07. The Labute approximate surface area is 140 Å². The Balaban J connectivity index is 0. The summed E-state index contributed by atoms with van der Waals surface area (Å²) >= 11 is 0. The molecule has 1 atom stereocenters. The normalized spacial score (nSPS) is 12.1. The topological polar surface area (TPSA) is 57.5 Å². The van der Waals surface area contributed by atoms with Gasteiger partial charge in [-0.1, -0.05) is 110 Å². The highest BCUT2D eigenvalue weighted by Crippen LogP contribution is 2.14. The Morgan fingerprint density at radius 2 is 0.818 bits per heavy atom. The molecule has 0 aromatic heterocycles. The first-order valence-corrected chi connectivity index (χ1v) is 10.0.